The van der Waals surface area contributed by atoms with Crippen LogP contribution in [0, 0.1) is 0 Å². The Morgan fingerprint density at radius 2 is 2.12 bits per heavy atom. The Labute approximate surface area is 104 Å². The van der Waals surface area contributed by atoms with Crippen molar-refractivity contribution in [2.24, 2.45) is 0 Å². The number of hydrogen-bond acceptors (Lipinski definition) is 4. The van der Waals surface area contributed by atoms with Crippen LogP contribution in [0.4, 0.5) is 0 Å². The maximum absolute atomic E-state index is 10.5. The molecular formula is C13H26N2O2. The van der Waals surface area contributed by atoms with Gasteiger partial charge in [-0.1, -0.05) is 19.3 Å². The van der Waals surface area contributed by atoms with Crippen LogP contribution in [-0.2, 0) is 4.74 Å². The molecule has 1 unspecified atom stereocenters. The van der Waals surface area contributed by atoms with Crippen LogP contribution in [0.25, 0.3) is 0 Å². The summed E-state index contributed by atoms with van der Waals surface area (Å²) in [5.41, 5.74) is -0.431. The summed E-state index contributed by atoms with van der Waals surface area (Å²) >= 11 is 0. The van der Waals surface area contributed by atoms with Gasteiger partial charge in [-0.2, -0.15) is 0 Å². The van der Waals surface area contributed by atoms with Crippen LogP contribution >= 0.6 is 0 Å². The largest absolute Gasteiger partial charge is 0.389 e. The molecule has 1 saturated carbocycles. The molecule has 4 nitrogen and oxygen atoms in total. The molecule has 0 radical (unpaired) electrons. The van der Waals surface area contributed by atoms with Crippen molar-refractivity contribution in [1.29, 1.82) is 0 Å². The monoisotopic (exact) mass is 242 g/mol. The minimum absolute atomic E-state index is 0.279. The topological polar surface area (TPSA) is 44.7 Å². The summed E-state index contributed by atoms with van der Waals surface area (Å²) in [6.07, 6.45) is 5.87. The van der Waals surface area contributed by atoms with E-state index >= 15 is 0 Å². The zero-order valence-corrected chi connectivity index (χ0v) is 11.0. The summed E-state index contributed by atoms with van der Waals surface area (Å²) in [7, 11) is 1.96. The van der Waals surface area contributed by atoms with E-state index in [1.807, 2.05) is 7.05 Å². The van der Waals surface area contributed by atoms with Gasteiger partial charge in [0.05, 0.1) is 18.3 Å². The van der Waals surface area contributed by atoms with E-state index in [1.165, 1.54) is 19.3 Å². The second kappa shape index (κ2) is 6.14. The third-order valence-electron chi connectivity index (χ3n) is 3.96. The van der Waals surface area contributed by atoms with Crippen molar-refractivity contribution in [3.05, 3.63) is 0 Å². The highest BCUT2D eigenvalue weighted by Gasteiger charge is 2.33. The second-order valence-corrected chi connectivity index (χ2v) is 5.57. The third kappa shape index (κ3) is 3.91. The molecule has 0 bridgehead atoms. The van der Waals surface area contributed by atoms with Gasteiger partial charge in [-0.15, -0.1) is 0 Å². The van der Waals surface area contributed by atoms with Crippen LogP contribution in [0.5, 0.6) is 0 Å². The average molecular weight is 242 g/mol. The number of ether oxygens (including phenoxy) is 1. The van der Waals surface area contributed by atoms with Crippen LogP contribution in [-0.4, -0.2) is 61.5 Å². The SMILES string of the molecule is CNCC1CN(CC2(O)CCCCC2)CCO1. The van der Waals surface area contributed by atoms with Gasteiger partial charge in [0.2, 0.25) is 0 Å². The molecule has 2 N–H and O–H groups in total. The molecule has 1 atom stereocenters. The van der Waals surface area contributed by atoms with Gasteiger partial charge >= 0.3 is 0 Å². The number of nitrogens with zero attached hydrogens (tertiary/aromatic N) is 1. The quantitative estimate of drug-likeness (QED) is 0.758. The Balaban J connectivity index is 1.81. The lowest BCUT2D eigenvalue weighted by molar-refractivity contribution is -0.0741. The standard InChI is InChI=1S/C13H26N2O2/c1-14-9-12-10-15(7-8-17-12)11-13(16)5-3-2-4-6-13/h12,14,16H,2-11H2,1H3. The molecule has 1 aliphatic carbocycles. The van der Waals surface area contributed by atoms with Gasteiger partial charge in [-0.25, -0.2) is 0 Å². The highest BCUT2D eigenvalue weighted by molar-refractivity contribution is 4.87. The minimum atomic E-state index is -0.431. The van der Waals surface area contributed by atoms with Crippen molar-refractivity contribution in [2.45, 2.75) is 43.8 Å². The first-order valence-corrected chi connectivity index (χ1v) is 6.93. The van der Waals surface area contributed by atoms with Gasteiger partial charge in [0, 0.05) is 26.2 Å². The lowest BCUT2D eigenvalue weighted by Gasteiger charge is -2.40. The molecule has 2 rings (SSSR count). The molecule has 0 spiro atoms. The molecule has 1 saturated heterocycles. The minimum Gasteiger partial charge on any atom is -0.389 e. The molecule has 0 aromatic heterocycles. The number of likely N-dealkylation sites (N-methyl/N-ethyl adjacent to an activating group) is 1. The van der Waals surface area contributed by atoms with E-state index in [0.717, 1.165) is 45.6 Å². The van der Waals surface area contributed by atoms with E-state index in [1.54, 1.807) is 0 Å². The first kappa shape index (κ1) is 13.3. The molecule has 100 valence electrons. The lowest BCUT2D eigenvalue weighted by atomic mass is 9.84. The van der Waals surface area contributed by atoms with Crippen LogP contribution in [0.1, 0.15) is 32.1 Å². The van der Waals surface area contributed by atoms with Gasteiger partial charge in [-0.3, -0.25) is 4.90 Å². The van der Waals surface area contributed by atoms with Gasteiger partial charge in [0.25, 0.3) is 0 Å². The lowest BCUT2D eigenvalue weighted by Crippen LogP contribution is -2.52. The smallest absolute Gasteiger partial charge is 0.0826 e. The van der Waals surface area contributed by atoms with E-state index in [9.17, 15) is 5.11 Å². The van der Waals surface area contributed by atoms with Crippen LogP contribution in [0.15, 0.2) is 0 Å². The van der Waals surface area contributed by atoms with Crippen LogP contribution < -0.4 is 5.32 Å². The predicted octanol–water partition coefficient (Wildman–Crippen LogP) is 0.602. The highest BCUT2D eigenvalue weighted by atomic mass is 16.5. The first-order chi connectivity index (χ1) is 8.22. The number of morpholine rings is 1. The Bertz CT molecular complexity index is 227. The summed E-state index contributed by atoms with van der Waals surface area (Å²) in [5, 5.41) is 13.7. The van der Waals surface area contributed by atoms with E-state index in [0.29, 0.717) is 0 Å². The fourth-order valence-electron chi connectivity index (χ4n) is 3.06. The summed E-state index contributed by atoms with van der Waals surface area (Å²) in [4.78, 5) is 2.37. The number of aliphatic hydroxyl groups is 1. The van der Waals surface area contributed by atoms with Gasteiger partial charge in [0.15, 0.2) is 0 Å². The maximum Gasteiger partial charge on any atom is 0.0826 e. The second-order valence-electron chi connectivity index (χ2n) is 5.57. The van der Waals surface area contributed by atoms with Crippen LogP contribution in [0.3, 0.4) is 0 Å². The molecule has 4 heteroatoms. The molecule has 0 amide bonds. The van der Waals surface area contributed by atoms with E-state index in [4.69, 9.17) is 4.74 Å². The Morgan fingerprint density at radius 3 is 2.82 bits per heavy atom. The maximum atomic E-state index is 10.5. The summed E-state index contributed by atoms with van der Waals surface area (Å²) < 4.78 is 5.68. The van der Waals surface area contributed by atoms with Gasteiger partial charge < -0.3 is 15.2 Å². The van der Waals surface area contributed by atoms with E-state index in [2.05, 4.69) is 10.2 Å². The third-order valence-corrected chi connectivity index (χ3v) is 3.96. The zero-order chi connectivity index (χ0) is 12.1. The first-order valence-electron chi connectivity index (χ1n) is 6.93. The summed E-state index contributed by atoms with van der Waals surface area (Å²) in [6, 6.07) is 0. The molecule has 1 heterocycles. The average Bonchev–Trinajstić information content (AvgIpc) is 2.30. The summed E-state index contributed by atoms with van der Waals surface area (Å²) in [5.74, 6) is 0. The Morgan fingerprint density at radius 1 is 1.35 bits per heavy atom. The van der Waals surface area contributed by atoms with E-state index in [-0.39, 0.29) is 6.10 Å². The van der Waals surface area contributed by atoms with Crippen molar-refractivity contribution < 1.29 is 9.84 Å². The van der Waals surface area contributed by atoms with Crippen LogP contribution in [0.2, 0.25) is 0 Å². The molecule has 17 heavy (non-hydrogen) atoms. The zero-order valence-electron chi connectivity index (χ0n) is 11.0. The number of nitrogens with one attached hydrogen (secondary N) is 1. The fraction of sp³-hybridized carbons (Fsp3) is 1.00. The Hall–Kier alpha value is -0.160. The summed E-state index contributed by atoms with van der Waals surface area (Å²) in [6.45, 7) is 4.43. The molecule has 0 aromatic rings. The number of hydrogen-bond donors (Lipinski definition) is 2. The highest BCUT2D eigenvalue weighted by Crippen LogP contribution is 2.29. The fourth-order valence-corrected chi connectivity index (χ4v) is 3.06. The van der Waals surface area contributed by atoms with Crippen molar-refractivity contribution in [1.82, 2.24) is 10.2 Å². The van der Waals surface area contributed by atoms with Crippen molar-refractivity contribution in [3.8, 4) is 0 Å². The molecular weight excluding hydrogens is 216 g/mol. The molecule has 2 fully saturated rings. The van der Waals surface area contributed by atoms with Gasteiger partial charge in [-0.05, 0) is 19.9 Å². The predicted molar refractivity (Wildman–Crippen MR) is 68.1 cm³/mol. The number of rotatable bonds is 4. The van der Waals surface area contributed by atoms with Crippen molar-refractivity contribution in [3.63, 3.8) is 0 Å². The van der Waals surface area contributed by atoms with E-state index < -0.39 is 5.60 Å². The Kier molecular flexibility index (Phi) is 4.79. The molecule has 2 aliphatic rings. The van der Waals surface area contributed by atoms with Gasteiger partial charge in [0.1, 0.15) is 0 Å². The number of β-amino-alcohol motifs (C(OH)–C–C–N with tert-alkyl or cyclic N) is 1. The van der Waals surface area contributed by atoms with Crippen molar-refractivity contribution >= 4 is 0 Å². The molecule has 0 aromatic carbocycles. The molecule has 1 aliphatic heterocycles. The normalized spacial score (nSPS) is 30.4. The van der Waals surface area contributed by atoms with Crippen molar-refractivity contribution in [2.75, 3.05) is 39.8 Å².